The van der Waals surface area contributed by atoms with Crippen molar-refractivity contribution in [1.82, 2.24) is 0 Å². The van der Waals surface area contributed by atoms with Gasteiger partial charge in [-0.1, -0.05) is 31.0 Å². The van der Waals surface area contributed by atoms with Crippen LogP contribution in [-0.2, 0) is 4.74 Å². The standard InChI is InChI=1S/C13H20O2/c1-3-4-9-14-10-11-15-13-7-5-12(2)6-8-13/h5-8H,3-4,9-11H2,1-2H3. The van der Waals surface area contributed by atoms with E-state index >= 15 is 0 Å². The van der Waals surface area contributed by atoms with Gasteiger partial charge in [0, 0.05) is 6.61 Å². The minimum atomic E-state index is 0.632. The van der Waals surface area contributed by atoms with Crippen molar-refractivity contribution in [2.24, 2.45) is 0 Å². The van der Waals surface area contributed by atoms with E-state index < -0.39 is 0 Å². The molecular weight excluding hydrogens is 188 g/mol. The molecule has 0 aliphatic carbocycles. The van der Waals surface area contributed by atoms with Crippen molar-refractivity contribution < 1.29 is 9.47 Å². The van der Waals surface area contributed by atoms with E-state index in [-0.39, 0.29) is 0 Å². The topological polar surface area (TPSA) is 18.5 Å². The summed E-state index contributed by atoms with van der Waals surface area (Å²) in [7, 11) is 0. The lowest BCUT2D eigenvalue weighted by Crippen LogP contribution is -2.07. The molecule has 0 amide bonds. The lowest BCUT2D eigenvalue weighted by Gasteiger charge is -2.06. The third kappa shape index (κ3) is 5.43. The highest BCUT2D eigenvalue weighted by Crippen LogP contribution is 2.10. The smallest absolute Gasteiger partial charge is 0.119 e. The maximum atomic E-state index is 5.52. The number of hydrogen-bond acceptors (Lipinski definition) is 2. The van der Waals surface area contributed by atoms with Gasteiger partial charge in [-0.25, -0.2) is 0 Å². The Kier molecular flexibility index (Phi) is 5.86. The van der Waals surface area contributed by atoms with Crippen molar-refractivity contribution in [2.75, 3.05) is 19.8 Å². The lowest BCUT2D eigenvalue weighted by atomic mass is 10.2. The average molecular weight is 208 g/mol. The predicted octanol–water partition coefficient (Wildman–Crippen LogP) is 3.19. The second-order valence-electron chi connectivity index (χ2n) is 3.63. The summed E-state index contributed by atoms with van der Waals surface area (Å²) < 4.78 is 10.9. The first kappa shape index (κ1) is 12.1. The van der Waals surface area contributed by atoms with Crippen LogP contribution in [0.5, 0.6) is 5.75 Å². The van der Waals surface area contributed by atoms with E-state index in [0.717, 1.165) is 18.8 Å². The van der Waals surface area contributed by atoms with Gasteiger partial charge in [0.1, 0.15) is 12.4 Å². The molecule has 15 heavy (non-hydrogen) atoms. The van der Waals surface area contributed by atoms with Gasteiger partial charge in [-0.3, -0.25) is 0 Å². The van der Waals surface area contributed by atoms with Crippen LogP contribution in [0.15, 0.2) is 24.3 Å². The van der Waals surface area contributed by atoms with E-state index in [2.05, 4.69) is 13.8 Å². The minimum Gasteiger partial charge on any atom is -0.491 e. The summed E-state index contributed by atoms with van der Waals surface area (Å²) in [5.74, 6) is 0.916. The van der Waals surface area contributed by atoms with Crippen molar-refractivity contribution in [3.05, 3.63) is 29.8 Å². The highest BCUT2D eigenvalue weighted by molar-refractivity contribution is 5.26. The Labute approximate surface area is 92.2 Å². The molecule has 0 saturated heterocycles. The van der Waals surface area contributed by atoms with Crippen molar-refractivity contribution in [3.63, 3.8) is 0 Å². The molecule has 0 aliphatic heterocycles. The van der Waals surface area contributed by atoms with Crippen LogP contribution in [0.2, 0.25) is 0 Å². The molecule has 0 fully saturated rings. The fraction of sp³-hybridized carbons (Fsp3) is 0.538. The molecule has 1 aromatic rings. The molecule has 0 heterocycles. The van der Waals surface area contributed by atoms with Crippen molar-refractivity contribution in [2.45, 2.75) is 26.7 Å². The van der Waals surface area contributed by atoms with Gasteiger partial charge in [0.2, 0.25) is 0 Å². The zero-order chi connectivity index (χ0) is 10.9. The zero-order valence-corrected chi connectivity index (χ0v) is 9.66. The number of unbranched alkanes of at least 4 members (excludes halogenated alkanes) is 1. The molecule has 2 nitrogen and oxygen atoms in total. The van der Waals surface area contributed by atoms with E-state index in [1.54, 1.807) is 0 Å². The monoisotopic (exact) mass is 208 g/mol. The summed E-state index contributed by atoms with van der Waals surface area (Å²) in [6.07, 6.45) is 2.31. The molecule has 0 spiro atoms. The highest BCUT2D eigenvalue weighted by atomic mass is 16.5. The molecule has 1 rings (SSSR count). The predicted molar refractivity (Wildman–Crippen MR) is 62.4 cm³/mol. The van der Waals surface area contributed by atoms with Gasteiger partial charge in [0.05, 0.1) is 6.61 Å². The molecule has 1 aromatic carbocycles. The van der Waals surface area contributed by atoms with Crippen LogP contribution >= 0.6 is 0 Å². The van der Waals surface area contributed by atoms with Gasteiger partial charge < -0.3 is 9.47 Å². The molecule has 2 heteroatoms. The minimum absolute atomic E-state index is 0.632. The fourth-order valence-corrected chi connectivity index (χ4v) is 1.20. The van der Waals surface area contributed by atoms with Gasteiger partial charge >= 0.3 is 0 Å². The molecular formula is C13H20O2. The second-order valence-corrected chi connectivity index (χ2v) is 3.63. The summed E-state index contributed by atoms with van der Waals surface area (Å²) in [5.41, 5.74) is 1.25. The SMILES string of the molecule is CCCCOCCOc1ccc(C)cc1. The zero-order valence-electron chi connectivity index (χ0n) is 9.66. The summed E-state index contributed by atoms with van der Waals surface area (Å²) >= 11 is 0. The van der Waals surface area contributed by atoms with Crippen LogP contribution in [0.25, 0.3) is 0 Å². The van der Waals surface area contributed by atoms with E-state index in [4.69, 9.17) is 9.47 Å². The molecule has 0 atom stereocenters. The van der Waals surface area contributed by atoms with Crippen LogP contribution in [0, 0.1) is 6.92 Å². The van der Waals surface area contributed by atoms with Crippen LogP contribution in [0.3, 0.4) is 0 Å². The largest absolute Gasteiger partial charge is 0.491 e. The summed E-state index contributed by atoms with van der Waals surface area (Å²) in [6.45, 7) is 6.37. The van der Waals surface area contributed by atoms with Gasteiger partial charge in [-0.05, 0) is 25.5 Å². The van der Waals surface area contributed by atoms with E-state index in [1.807, 2.05) is 24.3 Å². The van der Waals surface area contributed by atoms with Crippen LogP contribution in [0.4, 0.5) is 0 Å². The van der Waals surface area contributed by atoms with E-state index in [0.29, 0.717) is 13.2 Å². The Morgan fingerprint density at radius 3 is 2.40 bits per heavy atom. The molecule has 0 radical (unpaired) electrons. The Bertz CT molecular complexity index is 254. The van der Waals surface area contributed by atoms with E-state index in [1.165, 1.54) is 12.0 Å². The molecule has 0 aromatic heterocycles. The lowest BCUT2D eigenvalue weighted by molar-refractivity contribution is 0.0980. The van der Waals surface area contributed by atoms with Gasteiger partial charge in [-0.2, -0.15) is 0 Å². The molecule has 0 bridgehead atoms. The first-order valence-electron chi connectivity index (χ1n) is 5.60. The van der Waals surface area contributed by atoms with Gasteiger partial charge in [-0.15, -0.1) is 0 Å². The third-order valence-corrected chi connectivity index (χ3v) is 2.16. The molecule has 0 aliphatic rings. The number of ether oxygens (including phenoxy) is 2. The van der Waals surface area contributed by atoms with Crippen molar-refractivity contribution in [1.29, 1.82) is 0 Å². The fourth-order valence-electron chi connectivity index (χ4n) is 1.20. The Hall–Kier alpha value is -1.02. The first-order chi connectivity index (χ1) is 7.33. The van der Waals surface area contributed by atoms with Crippen LogP contribution in [0.1, 0.15) is 25.3 Å². The Balaban J connectivity index is 2.07. The first-order valence-corrected chi connectivity index (χ1v) is 5.60. The molecule has 0 saturated carbocycles. The van der Waals surface area contributed by atoms with Gasteiger partial charge in [0.15, 0.2) is 0 Å². The maximum Gasteiger partial charge on any atom is 0.119 e. The van der Waals surface area contributed by atoms with Crippen LogP contribution in [-0.4, -0.2) is 19.8 Å². The van der Waals surface area contributed by atoms with Crippen molar-refractivity contribution >= 4 is 0 Å². The summed E-state index contributed by atoms with van der Waals surface area (Å²) in [4.78, 5) is 0. The van der Waals surface area contributed by atoms with Crippen molar-refractivity contribution in [3.8, 4) is 5.75 Å². The van der Waals surface area contributed by atoms with E-state index in [9.17, 15) is 0 Å². The summed E-state index contributed by atoms with van der Waals surface area (Å²) in [5, 5.41) is 0. The third-order valence-electron chi connectivity index (χ3n) is 2.16. The Morgan fingerprint density at radius 1 is 1.00 bits per heavy atom. The summed E-state index contributed by atoms with van der Waals surface area (Å²) in [6, 6.07) is 8.07. The number of hydrogen-bond donors (Lipinski definition) is 0. The number of rotatable bonds is 7. The maximum absolute atomic E-state index is 5.52. The average Bonchev–Trinajstić information content (AvgIpc) is 2.26. The molecule has 0 unspecified atom stereocenters. The quantitative estimate of drug-likeness (QED) is 0.641. The number of aryl methyl sites for hydroxylation is 1. The van der Waals surface area contributed by atoms with Crippen LogP contribution < -0.4 is 4.74 Å². The highest BCUT2D eigenvalue weighted by Gasteiger charge is 1.93. The number of benzene rings is 1. The van der Waals surface area contributed by atoms with Gasteiger partial charge in [0.25, 0.3) is 0 Å². The molecule has 84 valence electrons. The Morgan fingerprint density at radius 2 is 1.73 bits per heavy atom. The second kappa shape index (κ2) is 7.30. The normalized spacial score (nSPS) is 10.3. The molecule has 0 N–H and O–H groups in total.